The second kappa shape index (κ2) is 4.74. The Hall–Kier alpha value is -1.57. The van der Waals surface area contributed by atoms with Crippen LogP contribution in [0.5, 0.6) is 0 Å². The van der Waals surface area contributed by atoms with Crippen LogP contribution in [0.4, 0.5) is 0 Å². The summed E-state index contributed by atoms with van der Waals surface area (Å²) in [6.07, 6.45) is 4.50. The summed E-state index contributed by atoms with van der Waals surface area (Å²) in [6.45, 7) is 1.61. The van der Waals surface area contributed by atoms with Crippen molar-refractivity contribution < 1.29 is 9.59 Å². The van der Waals surface area contributed by atoms with E-state index in [9.17, 15) is 9.59 Å². The van der Waals surface area contributed by atoms with E-state index in [-0.39, 0.29) is 18.4 Å². The van der Waals surface area contributed by atoms with Crippen LogP contribution < -0.4 is 5.32 Å². The molecule has 0 spiro atoms. The Morgan fingerprint density at radius 1 is 1.24 bits per heavy atom. The fourth-order valence-corrected chi connectivity index (χ4v) is 2.09. The number of hydrogen-bond acceptors (Lipinski definition) is 3. The minimum atomic E-state index is -0.831. The quantitative estimate of drug-likeness (QED) is 0.770. The number of nitrogens with one attached hydrogen (secondary N) is 1. The van der Waals surface area contributed by atoms with Crippen LogP contribution in [0.2, 0.25) is 0 Å². The molecule has 1 N–H and O–H groups in total. The molecule has 1 aliphatic carbocycles. The standard InChI is InChI=1S/C12H17N3O2/c13-9-12(4-5-12)11(17)14-8-10(16)15-6-2-1-3-7-15/h1-8H2,(H,14,17). The lowest BCUT2D eigenvalue weighted by atomic mass is 10.1. The van der Waals surface area contributed by atoms with E-state index in [1.807, 2.05) is 6.07 Å². The Morgan fingerprint density at radius 2 is 1.88 bits per heavy atom. The molecule has 5 heteroatoms. The molecule has 1 saturated heterocycles. The third kappa shape index (κ3) is 2.57. The van der Waals surface area contributed by atoms with Crippen LogP contribution in [-0.2, 0) is 9.59 Å². The molecular weight excluding hydrogens is 218 g/mol. The van der Waals surface area contributed by atoms with Crippen LogP contribution in [0.25, 0.3) is 0 Å². The molecule has 1 heterocycles. The van der Waals surface area contributed by atoms with Crippen LogP contribution >= 0.6 is 0 Å². The summed E-state index contributed by atoms with van der Waals surface area (Å²) >= 11 is 0. The normalized spacial score (nSPS) is 21.5. The third-order valence-corrected chi connectivity index (χ3v) is 3.51. The zero-order chi connectivity index (χ0) is 12.3. The molecule has 1 aliphatic heterocycles. The molecule has 5 nitrogen and oxygen atoms in total. The highest BCUT2D eigenvalue weighted by Gasteiger charge is 2.50. The first-order chi connectivity index (χ1) is 8.18. The summed E-state index contributed by atoms with van der Waals surface area (Å²) in [5, 5.41) is 11.4. The Morgan fingerprint density at radius 3 is 2.41 bits per heavy atom. The average Bonchev–Trinajstić information content (AvgIpc) is 3.17. The third-order valence-electron chi connectivity index (χ3n) is 3.51. The molecule has 0 atom stereocenters. The molecule has 0 aromatic rings. The van der Waals surface area contributed by atoms with Crippen molar-refractivity contribution in [1.82, 2.24) is 10.2 Å². The molecule has 2 amide bonds. The second-order valence-corrected chi connectivity index (χ2v) is 4.82. The van der Waals surface area contributed by atoms with E-state index >= 15 is 0 Å². The van der Waals surface area contributed by atoms with Gasteiger partial charge in [0.25, 0.3) is 0 Å². The number of amides is 2. The maximum Gasteiger partial charge on any atom is 0.241 e. The molecular formula is C12H17N3O2. The topological polar surface area (TPSA) is 73.2 Å². The van der Waals surface area contributed by atoms with E-state index < -0.39 is 5.41 Å². The fraction of sp³-hybridized carbons (Fsp3) is 0.750. The zero-order valence-corrected chi connectivity index (χ0v) is 9.87. The van der Waals surface area contributed by atoms with Crippen LogP contribution in [0.3, 0.4) is 0 Å². The van der Waals surface area contributed by atoms with E-state index in [4.69, 9.17) is 5.26 Å². The van der Waals surface area contributed by atoms with Gasteiger partial charge in [0, 0.05) is 13.1 Å². The maximum atomic E-state index is 11.8. The van der Waals surface area contributed by atoms with Crippen molar-refractivity contribution in [3.63, 3.8) is 0 Å². The number of carbonyl (C=O) groups is 2. The molecule has 92 valence electrons. The molecule has 1 saturated carbocycles. The lowest BCUT2D eigenvalue weighted by molar-refractivity contribution is -0.134. The van der Waals surface area contributed by atoms with E-state index in [0.29, 0.717) is 12.8 Å². The number of likely N-dealkylation sites (tertiary alicyclic amines) is 1. The molecule has 2 fully saturated rings. The highest BCUT2D eigenvalue weighted by atomic mass is 16.2. The second-order valence-electron chi connectivity index (χ2n) is 4.82. The molecule has 0 bridgehead atoms. The number of piperidine rings is 1. The van der Waals surface area contributed by atoms with E-state index in [0.717, 1.165) is 25.9 Å². The van der Waals surface area contributed by atoms with Gasteiger partial charge in [-0.3, -0.25) is 9.59 Å². The summed E-state index contributed by atoms with van der Waals surface area (Å²) in [4.78, 5) is 25.2. The molecule has 0 aromatic carbocycles. The van der Waals surface area contributed by atoms with Gasteiger partial charge in [0.05, 0.1) is 12.6 Å². The van der Waals surface area contributed by atoms with Crippen molar-refractivity contribution in [2.75, 3.05) is 19.6 Å². The summed E-state index contributed by atoms with van der Waals surface area (Å²) in [5.41, 5.74) is -0.831. The monoisotopic (exact) mass is 235 g/mol. The smallest absolute Gasteiger partial charge is 0.241 e. The summed E-state index contributed by atoms with van der Waals surface area (Å²) in [5.74, 6) is -0.322. The van der Waals surface area contributed by atoms with Gasteiger partial charge in [-0.1, -0.05) is 0 Å². The molecule has 0 aromatic heterocycles. The minimum absolute atomic E-state index is 0.0300. The van der Waals surface area contributed by atoms with Gasteiger partial charge in [-0.25, -0.2) is 0 Å². The summed E-state index contributed by atoms with van der Waals surface area (Å²) in [6, 6.07) is 2.02. The van der Waals surface area contributed by atoms with Gasteiger partial charge in [0.1, 0.15) is 5.41 Å². The van der Waals surface area contributed by atoms with E-state index in [1.54, 1.807) is 4.90 Å². The Balaban J connectivity index is 1.76. The molecule has 2 rings (SSSR count). The van der Waals surface area contributed by atoms with Gasteiger partial charge < -0.3 is 10.2 Å². The lowest BCUT2D eigenvalue weighted by Crippen LogP contribution is -2.44. The number of rotatable bonds is 3. The number of carbonyl (C=O) groups excluding carboxylic acids is 2. The van der Waals surface area contributed by atoms with Crippen molar-refractivity contribution in [2.24, 2.45) is 5.41 Å². The fourth-order valence-electron chi connectivity index (χ4n) is 2.09. The minimum Gasteiger partial charge on any atom is -0.346 e. The predicted octanol–water partition coefficient (Wildman–Crippen LogP) is 0.419. The molecule has 2 aliphatic rings. The first-order valence-electron chi connectivity index (χ1n) is 6.15. The number of nitriles is 1. The summed E-state index contributed by atoms with van der Waals surface area (Å²) in [7, 11) is 0. The van der Waals surface area contributed by atoms with Crippen molar-refractivity contribution in [3.05, 3.63) is 0 Å². The van der Waals surface area contributed by atoms with Gasteiger partial charge in [0.2, 0.25) is 11.8 Å². The van der Waals surface area contributed by atoms with Gasteiger partial charge in [-0.05, 0) is 32.1 Å². The van der Waals surface area contributed by atoms with E-state index in [2.05, 4.69) is 5.32 Å². The molecule has 0 unspecified atom stereocenters. The zero-order valence-electron chi connectivity index (χ0n) is 9.87. The van der Waals surface area contributed by atoms with Crippen LogP contribution in [0.1, 0.15) is 32.1 Å². The number of nitrogens with zero attached hydrogens (tertiary/aromatic N) is 2. The first kappa shape index (κ1) is 11.9. The Bertz CT molecular complexity index is 362. The Labute approximate surface area is 101 Å². The van der Waals surface area contributed by atoms with Crippen molar-refractivity contribution >= 4 is 11.8 Å². The van der Waals surface area contributed by atoms with Gasteiger partial charge in [-0.2, -0.15) is 5.26 Å². The van der Waals surface area contributed by atoms with Crippen molar-refractivity contribution in [2.45, 2.75) is 32.1 Å². The predicted molar refractivity (Wildman–Crippen MR) is 60.7 cm³/mol. The van der Waals surface area contributed by atoms with Crippen molar-refractivity contribution in [1.29, 1.82) is 5.26 Å². The van der Waals surface area contributed by atoms with Gasteiger partial charge in [-0.15, -0.1) is 0 Å². The largest absolute Gasteiger partial charge is 0.346 e. The highest BCUT2D eigenvalue weighted by Crippen LogP contribution is 2.44. The van der Waals surface area contributed by atoms with Crippen molar-refractivity contribution in [3.8, 4) is 6.07 Å². The average molecular weight is 235 g/mol. The lowest BCUT2D eigenvalue weighted by Gasteiger charge is -2.26. The number of hydrogen-bond donors (Lipinski definition) is 1. The van der Waals surface area contributed by atoms with Gasteiger partial charge >= 0.3 is 0 Å². The van der Waals surface area contributed by atoms with Crippen LogP contribution in [0.15, 0.2) is 0 Å². The van der Waals surface area contributed by atoms with Crippen LogP contribution in [-0.4, -0.2) is 36.3 Å². The SMILES string of the molecule is N#CC1(C(=O)NCC(=O)N2CCCCC2)CC1. The van der Waals surface area contributed by atoms with Crippen LogP contribution in [0, 0.1) is 16.7 Å². The highest BCUT2D eigenvalue weighted by molar-refractivity contribution is 5.91. The van der Waals surface area contributed by atoms with E-state index in [1.165, 1.54) is 6.42 Å². The first-order valence-corrected chi connectivity index (χ1v) is 6.15. The molecule has 17 heavy (non-hydrogen) atoms. The van der Waals surface area contributed by atoms with Gasteiger partial charge in [0.15, 0.2) is 0 Å². The Kier molecular flexibility index (Phi) is 3.32. The molecule has 0 radical (unpaired) electrons. The summed E-state index contributed by atoms with van der Waals surface area (Å²) < 4.78 is 0. The maximum absolute atomic E-state index is 11.8.